The smallest absolute Gasteiger partial charge is 0.341 e. The first-order valence-corrected chi connectivity index (χ1v) is 12.7. The predicted molar refractivity (Wildman–Crippen MR) is 117 cm³/mol. The van der Waals surface area contributed by atoms with E-state index < -0.39 is 38.5 Å². The molecule has 1 N–H and O–H groups in total. The molecule has 12 heteroatoms. The van der Waals surface area contributed by atoms with E-state index in [2.05, 4.69) is 15.5 Å². The number of esters is 1. The molecule has 0 aliphatic heterocycles. The highest BCUT2D eigenvalue weighted by Crippen LogP contribution is 2.38. The molecular weight excluding hydrogens is 473 g/mol. The number of anilines is 1. The summed E-state index contributed by atoms with van der Waals surface area (Å²) in [5, 5.41) is 9.28. The Morgan fingerprint density at radius 1 is 1.18 bits per heavy atom. The van der Waals surface area contributed by atoms with Gasteiger partial charge in [0.2, 0.25) is 21.6 Å². The number of hydrogen-bond acceptors (Lipinski definition) is 9. The van der Waals surface area contributed by atoms with Gasteiger partial charge >= 0.3 is 11.2 Å². The maximum Gasteiger partial charge on any atom is 0.341 e. The summed E-state index contributed by atoms with van der Waals surface area (Å²) in [5.41, 5.74) is 1.47. The minimum absolute atomic E-state index is 0.121. The van der Waals surface area contributed by atoms with Gasteiger partial charge in [0.1, 0.15) is 16.6 Å². The first-order chi connectivity index (χ1) is 15.8. The molecule has 3 aromatic rings. The van der Waals surface area contributed by atoms with E-state index in [-0.39, 0.29) is 17.5 Å². The summed E-state index contributed by atoms with van der Waals surface area (Å²) >= 11 is 1.26. The van der Waals surface area contributed by atoms with Gasteiger partial charge in [-0.25, -0.2) is 17.6 Å². The predicted octanol–water partition coefficient (Wildman–Crippen LogP) is 3.41. The van der Waals surface area contributed by atoms with Crippen LogP contribution in [0, 0.1) is 5.82 Å². The fourth-order valence-electron chi connectivity index (χ4n) is 3.51. The normalized spacial score (nSPS) is 13.4. The van der Waals surface area contributed by atoms with Crippen LogP contribution in [0.4, 0.5) is 9.39 Å². The number of halogens is 1. The Bertz CT molecular complexity index is 1300. The number of fused-ring (bicyclic) bond motifs is 1. The summed E-state index contributed by atoms with van der Waals surface area (Å²) in [6, 6.07) is 5.06. The van der Waals surface area contributed by atoms with E-state index in [0.717, 1.165) is 29.7 Å². The monoisotopic (exact) mass is 493 g/mol. The molecule has 9 nitrogen and oxygen atoms in total. The SMILES string of the molecule is CCOC(=O)c1c(NC(=O)CS(=O)(=O)c2nnc(-c3ccc(F)cc3)o2)sc2c1CCCC2. The number of nitrogens with one attached hydrogen (secondary N) is 1. The Balaban J connectivity index is 1.52. The van der Waals surface area contributed by atoms with Crippen LogP contribution in [0.1, 0.15) is 40.6 Å². The molecule has 0 saturated carbocycles. The molecule has 0 saturated heterocycles. The molecule has 0 spiro atoms. The second kappa shape index (κ2) is 9.40. The summed E-state index contributed by atoms with van der Waals surface area (Å²) in [6.07, 6.45) is 3.38. The molecule has 2 aromatic heterocycles. The highest BCUT2D eigenvalue weighted by Gasteiger charge is 2.30. The van der Waals surface area contributed by atoms with E-state index in [9.17, 15) is 22.4 Å². The molecule has 4 rings (SSSR count). The number of carbonyl (C=O) groups excluding carboxylic acids is 2. The highest BCUT2D eigenvalue weighted by atomic mass is 32.2. The van der Waals surface area contributed by atoms with Crippen LogP contribution in [0.15, 0.2) is 33.9 Å². The zero-order valence-electron chi connectivity index (χ0n) is 17.6. The summed E-state index contributed by atoms with van der Waals surface area (Å²) in [6.45, 7) is 1.87. The lowest BCUT2D eigenvalue weighted by molar-refractivity contribution is -0.113. The third kappa shape index (κ3) is 4.96. The van der Waals surface area contributed by atoms with E-state index in [0.29, 0.717) is 17.5 Å². The zero-order valence-corrected chi connectivity index (χ0v) is 19.2. The molecule has 0 unspecified atom stereocenters. The van der Waals surface area contributed by atoms with Crippen LogP contribution in [-0.2, 0) is 32.2 Å². The van der Waals surface area contributed by atoms with Crippen molar-refractivity contribution < 1.29 is 31.6 Å². The number of amides is 1. The highest BCUT2D eigenvalue weighted by molar-refractivity contribution is 7.91. The number of thiophene rings is 1. The second-order valence-electron chi connectivity index (χ2n) is 7.32. The van der Waals surface area contributed by atoms with Crippen molar-refractivity contribution in [1.82, 2.24) is 10.2 Å². The number of benzene rings is 1. The lowest BCUT2D eigenvalue weighted by Crippen LogP contribution is -2.24. The van der Waals surface area contributed by atoms with Crippen molar-refractivity contribution in [2.24, 2.45) is 0 Å². The number of aryl methyl sites for hydroxylation is 1. The molecule has 0 bridgehead atoms. The molecule has 0 atom stereocenters. The molecule has 0 radical (unpaired) electrons. The minimum Gasteiger partial charge on any atom is -0.462 e. The van der Waals surface area contributed by atoms with Crippen molar-refractivity contribution in [1.29, 1.82) is 0 Å². The van der Waals surface area contributed by atoms with Crippen molar-refractivity contribution in [2.45, 2.75) is 37.8 Å². The number of nitrogens with zero attached hydrogens (tertiary/aromatic N) is 2. The van der Waals surface area contributed by atoms with Crippen molar-refractivity contribution in [3.8, 4) is 11.5 Å². The second-order valence-corrected chi connectivity index (χ2v) is 10.3. The van der Waals surface area contributed by atoms with Crippen LogP contribution in [0.5, 0.6) is 0 Å². The van der Waals surface area contributed by atoms with Crippen molar-refractivity contribution in [3.05, 3.63) is 46.1 Å². The average molecular weight is 494 g/mol. The molecule has 1 aliphatic carbocycles. The first-order valence-electron chi connectivity index (χ1n) is 10.2. The largest absolute Gasteiger partial charge is 0.462 e. The van der Waals surface area contributed by atoms with Gasteiger partial charge in [0, 0.05) is 10.4 Å². The van der Waals surface area contributed by atoms with E-state index in [1.807, 2.05) is 0 Å². The zero-order chi connectivity index (χ0) is 23.6. The molecule has 174 valence electrons. The number of sulfone groups is 1. The van der Waals surface area contributed by atoms with E-state index in [4.69, 9.17) is 9.15 Å². The Morgan fingerprint density at radius 2 is 1.91 bits per heavy atom. The van der Waals surface area contributed by atoms with Gasteiger partial charge in [-0.3, -0.25) is 4.79 Å². The number of aromatic nitrogens is 2. The van der Waals surface area contributed by atoms with Crippen molar-refractivity contribution in [2.75, 3.05) is 17.7 Å². The van der Waals surface area contributed by atoms with Gasteiger partial charge in [-0.05, 0) is 62.4 Å². The van der Waals surface area contributed by atoms with Crippen molar-refractivity contribution in [3.63, 3.8) is 0 Å². The summed E-state index contributed by atoms with van der Waals surface area (Å²) in [7, 11) is -4.26. The third-order valence-corrected chi connectivity index (χ3v) is 7.54. The fourth-order valence-corrected chi connectivity index (χ4v) is 5.72. The lowest BCUT2D eigenvalue weighted by atomic mass is 9.95. The van der Waals surface area contributed by atoms with Crippen molar-refractivity contribution >= 4 is 38.1 Å². The topological polar surface area (TPSA) is 128 Å². The van der Waals surface area contributed by atoms with E-state index in [1.165, 1.54) is 35.6 Å². The maximum absolute atomic E-state index is 13.1. The van der Waals surface area contributed by atoms with Crippen LogP contribution >= 0.6 is 11.3 Å². The van der Waals surface area contributed by atoms with Crippen LogP contribution < -0.4 is 5.32 Å². The lowest BCUT2D eigenvalue weighted by Gasteiger charge is -2.12. The van der Waals surface area contributed by atoms with Crippen LogP contribution in [0.3, 0.4) is 0 Å². The van der Waals surface area contributed by atoms with Gasteiger partial charge in [0.05, 0.1) is 12.2 Å². The van der Waals surface area contributed by atoms with Gasteiger partial charge in [-0.15, -0.1) is 16.4 Å². The average Bonchev–Trinajstić information content (AvgIpc) is 3.39. The summed E-state index contributed by atoms with van der Waals surface area (Å²) in [5.74, 6) is -2.94. The van der Waals surface area contributed by atoms with Crippen LogP contribution in [0.2, 0.25) is 0 Å². The van der Waals surface area contributed by atoms with E-state index >= 15 is 0 Å². The summed E-state index contributed by atoms with van der Waals surface area (Å²) in [4.78, 5) is 26.1. The molecule has 1 aliphatic rings. The van der Waals surface area contributed by atoms with Gasteiger partial charge in [-0.1, -0.05) is 5.10 Å². The molecule has 33 heavy (non-hydrogen) atoms. The standard InChI is InChI=1S/C21H20FN3O6S2/c1-2-30-20(27)17-14-5-3-4-6-15(14)32-19(17)23-16(26)11-33(28,29)21-25-24-18(31-21)12-7-9-13(22)10-8-12/h7-10H,2-6,11H2,1H3,(H,23,26). The molecule has 1 aromatic carbocycles. The van der Waals surface area contributed by atoms with Gasteiger partial charge in [0.25, 0.3) is 0 Å². The summed E-state index contributed by atoms with van der Waals surface area (Å²) < 4.78 is 48.7. The number of carbonyl (C=O) groups is 2. The Kier molecular flexibility index (Phi) is 6.56. The number of hydrogen-bond donors (Lipinski definition) is 1. The molecular formula is C21H20FN3O6S2. The Morgan fingerprint density at radius 3 is 2.64 bits per heavy atom. The molecule has 1 amide bonds. The van der Waals surface area contributed by atoms with Gasteiger partial charge in [-0.2, -0.15) is 0 Å². The van der Waals surface area contributed by atoms with E-state index in [1.54, 1.807) is 6.92 Å². The maximum atomic E-state index is 13.1. The van der Waals surface area contributed by atoms with Gasteiger partial charge in [0.15, 0.2) is 0 Å². The van der Waals surface area contributed by atoms with Crippen LogP contribution in [0.25, 0.3) is 11.5 Å². The quantitative estimate of drug-likeness (QED) is 0.496. The van der Waals surface area contributed by atoms with Crippen LogP contribution in [-0.4, -0.2) is 42.9 Å². The Labute approximate surface area is 192 Å². The first kappa shape index (κ1) is 23.1. The molecule has 2 heterocycles. The minimum atomic E-state index is -4.26. The third-order valence-electron chi connectivity index (χ3n) is 4.99. The number of rotatable bonds is 7. The molecule has 0 fully saturated rings. The van der Waals surface area contributed by atoms with Gasteiger partial charge < -0.3 is 14.5 Å². The number of ether oxygens (including phenoxy) is 1. The Hall–Kier alpha value is -3.12. The fraction of sp³-hybridized carbons (Fsp3) is 0.333.